The molecule has 43 heavy (non-hydrogen) atoms. The Hall–Kier alpha value is -2.11. The Bertz CT molecular complexity index is 809. The van der Waals surface area contributed by atoms with Crippen molar-refractivity contribution in [3.8, 4) is 0 Å². The molecule has 2 aliphatic rings. The van der Waals surface area contributed by atoms with Gasteiger partial charge in [0.25, 0.3) is 0 Å². The monoisotopic (exact) mass is 607 g/mol. The number of carbonyl (C=O) groups excluding carboxylic acids is 1. The highest BCUT2D eigenvalue weighted by atomic mass is 19.1. The van der Waals surface area contributed by atoms with Crippen LogP contribution < -0.4 is 5.73 Å². The highest BCUT2D eigenvalue weighted by Crippen LogP contribution is 2.47. The van der Waals surface area contributed by atoms with Crippen molar-refractivity contribution in [3.63, 3.8) is 0 Å². The Morgan fingerprint density at radius 2 is 1.72 bits per heavy atom. The quantitative estimate of drug-likeness (QED) is 0.248. The van der Waals surface area contributed by atoms with Gasteiger partial charge < -0.3 is 15.3 Å². The number of methoxy groups -OCH3 is 1. The standard InChI is InChI=1S/C14H25NO2.C11H15N.C5H7F.4C2H6/c1-10(17-2)13-7-12-5-3-4-6-14(12,15)8-11(13)9-16;1-4-9(3)10-6-7-11(5-2)12-8-10;1-3-4-5(2)6;4*1-2/h9-13H,3-8,15H2,1-2H3;5-9H,2,4H2,1,3H3;3-4H,2H2,1H3;4*1-2H3/b;;4-3-;;;;. The molecule has 2 fully saturated rings. The molecule has 5 heteroatoms. The fourth-order valence-electron chi connectivity index (χ4n) is 5.16. The Kier molecular flexibility index (Phi) is 34.8. The van der Waals surface area contributed by atoms with E-state index in [0.29, 0.717) is 17.8 Å². The van der Waals surface area contributed by atoms with Crippen molar-refractivity contribution in [2.45, 2.75) is 146 Å². The minimum atomic E-state index is -0.391. The molecule has 0 radical (unpaired) electrons. The maximum Gasteiger partial charge on any atom is 0.123 e. The van der Waals surface area contributed by atoms with Gasteiger partial charge in [0.2, 0.25) is 0 Å². The number of allylic oxidation sites excluding steroid dienone is 3. The molecule has 252 valence electrons. The van der Waals surface area contributed by atoms with Crippen LogP contribution in [-0.2, 0) is 9.53 Å². The summed E-state index contributed by atoms with van der Waals surface area (Å²) >= 11 is 0. The number of hydrogen-bond acceptors (Lipinski definition) is 4. The fraction of sp³-hybridized carbons (Fsp3) is 0.684. The number of ether oxygens (including phenoxy) is 1. The summed E-state index contributed by atoms with van der Waals surface area (Å²) in [5.74, 6) is 1.26. The number of nitrogens with two attached hydrogens (primary N) is 1. The number of nitrogens with zero attached hydrogens (tertiary/aromatic N) is 1. The molecule has 1 heterocycles. The van der Waals surface area contributed by atoms with Crippen molar-refractivity contribution in [1.29, 1.82) is 0 Å². The maximum absolute atomic E-state index is 11.4. The van der Waals surface area contributed by atoms with E-state index in [-0.39, 0.29) is 17.6 Å². The van der Waals surface area contributed by atoms with E-state index >= 15 is 0 Å². The van der Waals surface area contributed by atoms with Gasteiger partial charge in [-0.15, -0.1) is 0 Å². The minimum Gasteiger partial charge on any atom is -0.381 e. The summed E-state index contributed by atoms with van der Waals surface area (Å²) in [4.78, 5) is 15.5. The zero-order valence-electron chi connectivity index (χ0n) is 30.5. The van der Waals surface area contributed by atoms with Crippen LogP contribution in [0.2, 0.25) is 0 Å². The highest BCUT2D eigenvalue weighted by Gasteiger charge is 2.47. The van der Waals surface area contributed by atoms with Crippen LogP contribution in [0.15, 0.2) is 49.5 Å². The third-order valence-electron chi connectivity index (χ3n) is 7.68. The molecule has 3 rings (SSSR count). The van der Waals surface area contributed by atoms with Gasteiger partial charge in [-0.25, -0.2) is 4.39 Å². The SMILES string of the molecule is C=C(F)/C=C\C.C=Cc1ccc(C(C)CC)cn1.CC.CC.CC.CC.COC(C)C1CC2CCCCC2(N)CC1C=O. The molecule has 2 saturated carbocycles. The molecule has 0 bridgehead atoms. The maximum atomic E-state index is 11.4. The summed E-state index contributed by atoms with van der Waals surface area (Å²) in [6.07, 6.45) is 15.8. The molecule has 6 atom stereocenters. The van der Waals surface area contributed by atoms with Gasteiger partial charge in [-0.3, -0.25) is 4.98 Å². The van der Waals surface area contributed by atoms with Crippen LogP contribution >= 0.6 is 0 Å². The van der Waals surface area contributed by atoms with Crippen molar-refractivity contribution >= 4 is 12.4 Å². The van der Waals surface area contributed by atoms with Gasteiger partial charge in [0, 0.05) is 24.8 Å². The van der Waals surface area contributed by atoms with Gasteiger partial charge in [-0.05, 0) is 87.5 Å². The number of carbonyl (C=O) groups is 1. The van der Waals surface area contributed by atoms with Crippen LogP contribution in [0.1, 0.15) is 145 Å². The summed E-state index contributed by atoms with van der Waals surface area (Å²) in [6.45, 7) is 30.9. The van der Waals surface area contributed by atoms with Gasteiger partial charge in [-0.2, -0.15) is 0 Å². The lowest BCUT2D eigenvalue weighted by atomic mass is 9.58. The lowest BCUT2D eigenvalue weighted by molar-refractivity contribution is -0.119. The van der Waals surface area contributed by atoms with E-state index < -0.39 is 5.83 Å². The zero-order chi connectivity index (χ0) is 34.4. The summed E-state index contributed by atoms with van der Waals surface area (Å²) in [5, 5.41) is 0. The topological polar surface area (TPSA) is 65.2 Å². The average molecular weight is 607 g/mol. The van der Waals surface area contributed by atoms with E-state index in [9.17, 15) is 9.18 Å². The summed E-state index contributed by atoms with van der Waals surface area (Å²) in [5.41, 5.74) is 8.71. The lowest BCUT2D eigenvalue weighted by Gasteiger charge is -2.50. The first-order valence-corrected chi connectivity index (χ1v) is 17.0. The molecule has 4 nitrogen and oxygen atoms in total. The van der Waals surface area contributed by atoms with E-state index in [1.54, 1.807) is 26.2 Å². The first-order chi connectivity index (χ1) is 20.6. The smallest absolute Gasteiger partial charge is 0.123 e. The summed E-state index contributed by atoms with van der Waals surface area (Å²) in [6, 6.07) is 4.13. The molecule has 0 spiro atoms. The van der Waals surface area contributed by atoms with E-state index in [1.807, 2.05) is 67.7 Å². The van der Waals surface area contributed by atoms with E-state index in [1.165, 1.54) is 30.9 Å². The van der Waals surface area contributed by atoms with E-state index in [4.69, 9.17) is 10.5 Å². The summed E-state index contributed by atoms with van der Waals surface area (Å²) < 4.78 is 16.9. The zero-order valence-corrected chi connectivity index (χ0v) is 30.5. The third-order valence-corrected chi connectivity index (χ3v) is 7.68. The van der Waals surface area contributed by atoms with Crippen molar-refractivity contribution < 1.29 is 13.9 Å². The van der Waals surface area contributed by atoms with Gasteiger partial charge in [0.1, 0.15) is 12.1 Å². The van der Waals surface area contributed by atoms with Crippen LogP contribution in [0.25, 0.3) is 6.08 Å². The van der Waals surface area contributed by atoms with Gasteiger partial charge in [0.05, 0.1) is 11.8 Å². The number of halogens is 1. The van der Waals surface area contributed by atoms with Crippen LogP contribution in [0.3, 0.4) is 0 Å². The molecule has 0 aliphatic heterocycles. The number of pyridine rings is 1. The number of aromatic nitrogens is 1. The van der Waals surface area contributed by atoms with Gasteiger partial charge in [0.15, 0.2) is 0 Å². The molecular formula is C38H71FN2O2. The second-order valence-corrected chi connectivity index (χ2v) is 10.00. The first kappa shape index (κ1) is 47.8. The van der Waals surface area contributed by atoms with Crippen molar-refractivity contribution in [2.75, 3.05) is 7.11 Å². The summed E-state index contributed by atoms with van der Waals surface area (Å²) in [7, 11) is 1.73. The lowest BCUT2D eigenvalue weighted by Crippen LogP contribution is -2.56. The van der Waals surface area contributed by atoms with Crippen LogP contribution in [-0.4, -0.2) is 30.0 Å². The number of hydrogen-bond donors (Lipinski definition) is 1. The molecule has 0 saturated heterocycles. The normalized spacial score (nSPS) is 22.7. The Labute approximate surface area is 267 Å². The largest absolute Gasteiger partial charge is 0.381 e. The molecular weight excluding hydrogens is 535 g/mol. The fourth-order valence-corrected chi connectivity index (χ4v) is 5.16. The molecule has 2 N–H and O–H groups in total. The number of rotatable bonds is 7. The van der Waals surface area contributed by atoms with Crippen molar-refractivity contribution in [1.82, 2.24) is 4.98 Å². The number of fused-ring (bicyclic) bond motifs is 1. The van der Waals surface area contributed by atoms with Gasteiger partial charge >= 0.3 is 0 Å². The van der Waals surface area contributed by atoms with Crippen molar-refractivity contribution in [2.24, 2.45) is 23.5 Å². The van der Waals surface area contributed by atoms with Crippen molar-refractivity contribution in [3.05, 3.63) is 60.7 Å². The van der Waals surface area contributed by atoms with Gasteiger partial charge in [-0.1, -0.05) is 107 Å². The predicted molar refractivity (Wildman–Crippen MR) is 191 cm³/mol. The predicted octanol–water partition coefficient (Wildman–Crippen LogP) is 11.5. The van der Waals surface area contributed by atoms with E-state index in [0.717, 1.165) is 37.7 Å². The third kappa shape index (κ3) is 19.7. The molecule has 1 aromatic rings. The molecule has 0 amide bonds. The minimum absolute atomic E-state index is 0.0756. The number of aldehydes is 1. The van der Waals surface area contributed by atoms with E-state index in [2.05, 4.69) is 45.0 Å². The first-order valence-electron chi connectivity index (χ1n) is 17.0. The average Bonchev–Trinajstić information content (AvgIpc) is 3.07. The Balaban J connectivity index is -0.000000256. The Morgan fingerprint density at radius 3 is 2.09 bits per heavy atom. The van der Waals surface area contributed by atoms with Crippen LogP contribution in [0.5, 0.6) is 0 Å². The molecule has 1 aromatic heterocycles. The highest BCUT2D eigenvalue weighted by molar-refractivity contribution is 5.55. The molecule has 6 unspecified atom stereocenters. The second kappa shape index (κ2) is 31.3. The second-order valence-electron chi connectivity index (χ2n) is 10.00. The molecule has 2 aliphatic carbocycles. The molecule has 0 aromatic carbocycles. The Morgan fingerprint density at radius 1 is 1.14 bits per heavy atom. The van der Waals surface area contributed by atoms with Crippen LogP contribution in [0, 0.1) is 17.8 Å². The van der Waals surface area contributed by atoms with Crippen LogP contribution in [0.4, 0.5) is 4.39 Å².